The first-order valence-electron chi connectivity index (χ1n) is 30.0. The second-order valence-electron chi connectivity index (χ2n) is 21.5. The molecule has 0 bridgehead atoms. The van der Waals surface area contributed by atoms with Gasteiger partial charge in [-0.3, -0.25) is 0 Å². The zero-order chi connectivity index (χ0) is 64.4. The third kappa shape index (κ3) is 16.5. The Kier molecular flexibility index (Phi) is 23.5. The maximum absolute atomic E-state index is 10.1. The molecule has 0 saturated heterocycles. The minimum absolute atomic E-state index is 0.256. The van der Waals surface area contributed by atoms with Gasteiger partial charge in [-0.25, -0.2) is 15.0 Å². The van der Waals surface area contributed by atoms with E-state index in [4.69, 9.17) is 33.7 Å². The van der Waals surface area contributed by atoms with E-state index in [0.29, 0.717) is 35.9 Å². The normalized spacial score (nSPS) is 10.7. The molecule has 0 fully saturated rings. The maximum atomic E-state index is 10.1. The number of pyridine rings is 3. The summed E-state index contributed by atoms with van der Waals surface area (Å²) in [6, 6.07) is 61.8. The van der Waals surface area contributed by atoms with Gasteiger partial charge < -0.3 is 52.5 Å². The molecular formula is C74H80BBrN6O8. The molecule has 0 radical (unpaired) electrons. The summed E-state index contributed by atoms with van der Waals surface area (Å²) in [4.78, 5) is 14.2. The van der Waals surface area contributed by atoms with Gasteiger partial charge in [-0.15, -0.1) is 0 Å². The molecule has 0 aliphatic heterocycles. The zero-order valence-electron chi connectivity index (χ0n) is 53.5. The number of phenols is 1. The van der Waals surface area contributed by atoms with Gasteiger partial charge in [0.1, 0.15) is 69.8 Å². The summed E-state index contributed by atoms with van der Waals surface area (Å²) < 4.78 is 35.7. The fourth-order valence-corrected chi connectivity index (χ4v) is 10.9. The summed E-state index contributed by atoms with van der Waals surface area (Å²) in [5.41, 5.74) is 16.1. The Balaban J connectivity index is 0.000000160. The number of aryl methyl sites for hydroxylation is 9. The molecule has 3 N–H and O–H groups in total. The Labute approximate surface area is 538 Å². The molecule has 90 heavy (non-hydrogen) atoms. The largest absolute Gasteiger partial charge is 0.508 e. The summed E-state index contributed by atoms with van der Waals surface area (Å²) in [5, 5.41) is 28.8. The van der Waals surface area contributed by atoms with Crippen LogP contribution < -0.4 is 29.1 Å². The molecule has 0 aliphatic rings. The lowest BCUT2D eigenvalue weighted by atomic mass is 9.78. The highest BCUT2D eigenvalue weighted by atomic mass is 79.9. The van der Waals surface area contributed by atoms with E-state index in [2.05, 4.69) is 138 Å². The van der Waals surface area contributed by atoms with Gasteiger partial charge in [0.2, 0.25) is 0 Å². The fraction of sp³-hybridized carbons (Fsp3) is 0.230. The van der Waals surface area contributed by atoms with Crippen molar-refractivity contribution in [2.75, 3.05) is 21.3 Å². The number of aromatic nitrogens is 6. The average Bonchev–Trinajstić information content (AvgIpc) is 1.22. The molecule has 0 aliphatic carbocycles. The number of nitrogens with zero attached hydrogens (tertiary/aromatic N) is 6. The number of aromatic hydroxyl groups is 1. The first-order chi connectivity index (χ1) is 43.5. The predicted octanol–water partition coefficient (Wildman–Crippen LogP) is 15.5. The molecule has 0 saturated carbocycles. The van der Waals surface area contributed by atoms with E-state index < -0.39 is 7.12 Å². The number of benzene rings is 5. The standard InChI is InChI=1S/C27H28N2O2.C20H22N2O2.C16H19BO4.C11H11BrN2/c1-5-22-16-23(24-12-9-13-27(28-24)29-19(2)14-15-20(29)3)26(30-4)17-25(22)31-18-21-10-7-6-8-11-21;1-5-15-11-16(19(24-4)12-18(15)23)17-7-6-8-20(21-17)22-13(2)9-10-14(22)3;1-3-13-9-14(17(18)19)16(20-2)10-15(13)21-11-12-7-5-4-6-8-12;1-8-6-7-9(2)14(8)11-5-3-4-10(12)13-11/h6-17H,5,18H2,1-4H3;6-12,23H,5H2,1-4H3;4-10,18-19H,3,11H2,1-2H3;3-7H,1-2H3. The molecule has 0 amide bonds. The van der Waals surface area contributed by atoms with Crippen LogP contribution in [0.25, 0.3) is 40.0 Å². The van der Waals surface area contributed by atoms with Crippen molar-refractivity contribution >= 4 is 28.5 Å². The first-order valence-corrected chi connectivity index (χ1v) is 30.8. The highest BCUT2D eigenvalue weighted by molar-refractivity contribution is 9.10. The van der Waals surface area contributed by atoms with E-state index in [-0.39, 0.29) is 5.75 Å². The quantitative estimate of drug-likeness (QED) is 0.0554. The van der Waals surface area contributed by atoms with Crippen LogP contribution in [0.4, 0.5) is 0 Å². The Hall–Kier alpha value is -9.35. The van der Waals surface area contributed by atoms with Crippen molar-refractivity contribution in [2.24, 2.45) is 0 Å². The van der Waals surface area contributed by atoms with E-state index in [1.54, 1.807) is 32.4 Å². The minimum atomic E-state index is -1.56. The van der Waals surface area contributed by atoms with Crippen LogP contribution in [0.1, 0.15) is 82.8 Å². The van der Waals surface area contributed by atoms with E-state index in [1.807, 2.05) is 129 Å². The summed E-state index contributed by atoms with van der Waals surface area (Å²) in [7, 11) is 3.23. The molecule has 0 unspecified atom stereocenters. The predicted molar refractivity (Wildman–Crippen MR) is 365 cm³/mol. The van der Waals surface area contributed by atoms with Crippen molar-refractivity contribution in [2.45, 2.75) is 94.8 Å². The molecule has 0 atom stereocenters. The van der Waals surface area contributed by atoms with Crippen LogP contribution in [0, 0.1) is 41.5 Å². The number of hydrogen-bond donors (Lipinski definition) is 3. The lowest BCUT2D eigenvalue weighted by Crippen LogP contribution is -2.31. The summed E-state index contributed by atoms with van der Waals surface area (Å²) in [5.74, 6) is 6.32. The fourth-order valence-electron chi connectivity index (χ4n) is 10.5. The second-order valence-corrected chi connectivity index (χ2v) is 22.3. The smallest absolute Gasteiger partial charge is 0.492 e. The topological polar surface area (TPSA) is 160 Å². The van der Waals surface area contributed by atoms with Gasteiger partial charge in [-0.1, -0.05) is 106 Å². The molecular weight excluding hydrogens is 1190 g/mol. The van der Waals surface area contributed by atoms with Crippen molar-refractivity contribution in [1.82, 2.24) is 28.7 Å². The van der Waals surface area contributed by atoms with E-state index in [1.165, 1.54) is 18.5 Å². The zero-order valence-corrected chi connectivity index (χ0v) is 55.0. The number of rotatable bonds is 18. The Morgan fingerprint density at radius 1 is 0.400 bits per heavy atom. The van der Waals surface area contributed by atoms with E-state index in [0.717, 1.165) is 126 Å². The highest BCUT2D eigenvalue weighted by Crippen LogP contribution is 2.38. The molecule has 464 valence electrons. The number of hydrogen-bond acceptors (Lipinski definition) is 11. The molecule has 6 heterocycles. The molecule has 16 heteroatoms. The summed E-state index contributed by atoms with van der Waals surface area (Å²) >= 11 is 3.37. The van der Waals surface area contributed by atoms with Crippen LogP contribution in [0.2, 0.25) is 0 Å². The molecule has 11 rings (SSSR count). The van der Waals surface area contributed by atoms with Gasteiger partial charge in [0.25, 0.3) is 0 Å². The van der Waals surface area contributed by atoms with Crippen LogP contribution in [0.5, 0.6) is 34.5 Å². The first kappa shape index (κ1) is 66.6. The van der Waals surface area contributed by atoms with Crippen LogP contribution in [-0.2, 0) is 32.5 Å². The Morgan fingerprint density at radius 3 is 1.16 bits per heavy atom. The third-order valence-electron chi connectivity index (χ3n) is 15.3. The lowest BCUT2D eigenvalue weighted by Gasteiger charge is -2.17. The Morgan fingerprint density at radius 2 is 0.767 bits per heavy atom. The van der Waals surface area contributed by atoms with E-state index in [9.17, 15) is 15.2 Å². The monoisotopic (exact) mass is 1270 g/mol. The van der Waals surface area contributed by atoms with Crippen molar-refractivity contribution in [1.29, 1.82) is 0 Å². The molecule has 11 aromatic rings. The van der Waals surface area contributed by atoms with Gasteiger partial charge in [0.15, 0.2) is 0 Å². The minimum Gasteiger partial charge on any atom is -0.508 e. The summed E-state index contributed by atoms with van der Waals surface area (Å²) in [6.45, 7) is 19.6. The molecule has 6 aromatic heterocycles. The lowest BCUT2D eigenvalue weighted by molar-refractivity contribution is 0.300. The van der Waals surface area contributed by atoms with Gasteiger partial charge in [-0.2, -0.15) is 0 Å². The number of phenolic OH excluding ortho intramolecular Hbond substituents is 1. The number of halogens is 1. The maximum Gasteiger partial charge on any atom is 0.492 e. The van der Waals surface area contributed by atoms with Crippen molar-refractivity contribution in [3.63, 3.8) is 0 Å². The van der Waals surface area contributed by atoms with Crippen LogP contribution >= 0.6 is 15.9 Å². The highest BCUT2D eigenvalue weighted by Gasteiger charge is 2.21. The average molecular weight is 1270 g/mol. The summed E-state index contributed by atoms with van der Waals surface area (Å²) in [6.07, 6.45) is 2.34. The SMILES string of the molecule is CCc1cc(-c2cccc(-n3c(C)ccc3C)n2)c(OC)cc1O.CCc1cc(-c2cccc(-n3c(C)ccc3C)n2)c(OC)cc1OCc1ccccc1.CCc1cc(B(O)O)c(OC)cc1OCc1ccccc1.Cc1ccc(C)n1-c1cccc(Br)n1. The van der Waals surface area contributed by atoms with Crippen molar-refractivity contribution in [3.05, 3.63) is 255 Å². The van der Waals surface area contributed by atoms with Crippen molar-refractivity contribution in [3.8, 4) is 74.5 Å². The van der Waals surface area contributed by atoms with Gasteiger partial charge in [0.05, 0.1) is 32.7 Å². The van der Waals surface area contributed by atoms with Gasteiger partial charge in [0, 0.05) is 69.0 Å². The van der Waals surface area contributed by atoms with Crippen molar-refractivity contribution < 1.29 is 38.8 Å². The van der Waals surface area contributed by atoms with Crippen LogP contribution in [0.15, 0.2) is 193 Å². The molecule has 5 aromatic carbocycles. The molecule has 0 spiro atoms. The number of ether oxygens (including phenoxy) is 5. The van der Waals surface area contributed by atoms with E-state index >= 15 is 0 Å². The number of methoxy groups -OCH3 is 3. The van der Waals surface area contributed by atoms with Crippen LogP contribution in [-0.4, -0.2) is 72.3 Å². The molecule has 14 nitrogen and oxygen atoms in total. The third-order valence-corrected chi connectivity index (χ3v) is 15.8. The Bertz CT molecular complexity index is 4090. The van der Waals surface area contributed by atoms with Crippen LogP contribution in [0.3, 0.4) is 0 Å². The second kappa shape index (κ2) is 31.7. The van der Waals surface area contributed by atoms with Gasteiger partial charge >= 0.3 is 7.12 Å². The van der Waals surface area contributed by atoms with Gasteiger partial charge in [-0.05, 0) is 189 Å².